The zero-order valence-electron chi connectivity index (χ0n) is 7.98. The SMILES string of the molecule is C=Cc1nc(Cc2ccc(F)cc2)no1. The van der Waals surface area contributed by atoms with E-state index >= 15 is 0 Å². The fourth-order valence-electron chi connectivity index (χ4n) is 1.21. The molecule has 1 aromatic carbocycles. The third-order valence-corrected chi connectivity index (χ3v) is 1.93. The van der Waals surface area contributed by atoms with Crippen LogP contribution < -0.4 is 0 Å². The number of nitrogens with zero attached hydrogens (tertiary/aromatic N) is 2. The highest BCUT2D eigenvalue weighted by Crippen LogP contribution is 2.08. The van der Waals surface area contributed by atoms with Gasteiger partial charge in [0.25, 0.3) is 0 Å². The smallest absolute Gasteiger partial charge is 0.250 e. The zero-order valence-corrected chi connectivity index (χ0v) is 7.98. The third kappa shape index (κ3) is 2.28. The minimum atomic E-state index is -0.251. The van der Waals surface area contributed by atoms with E-state index in [-0.39, 0.29) is 5.82 Å². The van der Waals surface area contributed by atoms with E-state index in [1.807, 2.05) is 0 Å². The second-order valence-electron chi connectivity index (χ2n) is 3.06. The summed E-state index contributed by atoms with van der Waals surface area (Å²) >= 11 is 0. The van der Waals surface area contributed by atoms with E-state index in [2.05, 4.69) is 16.7 Å². The van der Waals surface area contributed by atoms with Gasteiger partial charge in [0.2, 0.25) is 5.89 Å². The Labute approximate surface area is 86.2 Å². The molecule has 0 atom stereocenters. The van der Waals surface area contributed by atoms with E-state index in [0.717, 1.165) is 5.56 Å². The molecular weight excluding hydrogens is 195 g/mol. The monoisotopic (exact) mass is 204 g/mol. The van der Waals surface area contributed by atoms with E-state index in [4.69, 9.17) is 4.52 Å². The van der Waals surface area contributed by atoms with Crippen molar-refractivity contribution < 1.29 is 8.91 Å². The van der Waals surface area contributed by atoms with Crippen LogP contribution in [0.4, 0.5) is 4.39 Å². The van der Waals surface area contributed by atoms with Crippen LogP contribution in [0.2, 0.25) is 0 Å². The van der Waals surface area contributed by atoms with Gasteiger partial charge >= 0.3 is 0 Å². The van der Waals surface area contributed by atoms with Gasteiger partial charge in [0.1, 0.15) is 5.82 Å². The van der Waals surface area contributed by atoms with Gasteiger partial charge in [-0.05, 0) is 23.8 Å². The zero-order chi connectivity index (χ0) is 10.7. The Morgan fingerprint density at radius 3 is 2.67 bits per heavy atom. The molecule has 0 unspecified atom stereocenters. The average molecular weight is 204 g/mol. The summed E-state index contributed by atoms with van der Waals surface area (Å²) in [4.78, 5) is 4.06. The van der Waals surface area contributed by atoms with Crippen molar-refractivity contribution in [2.24, 2.45) is 0 Å². The number of benzene rings is 1. The van der Waals surface area contributed by atoms with Crippen LogP contribution in [0.15, 0.2) is 35.4 Å². The average Bonchev–Trinajstić information content (AvgIpc) is 2.69. The lowest BCUT2D eigenvalue weighted by molar-refractivity contribution is 0.404. The maximum Gasteiger partial charge on any atom is 0.250 e. The molecule has 0 fully saturated rings. The molecule has 0 amide bonds. The van der Waals surface area contributed by atoms with E-state index in [1.54, 1.807) is 12.1 Å². The van der Waals surface area contributed by atoms with Gasteiger partial charge in [-0.3, -0.25) is 0 Å². The van der Waals surface area contributed by atoms with Crippen molar-refractivity contribution in [3.05, 3.63) is 53.9 Å². The third-order valence-electron chi connectivity index (χ3n) is 1.93. The molecule has 0 bridgehead atoms. The number of hydrogen-bond acceptors (Lipinski definition) is 3. The first-order valence-corrected chi connectivity index (χ1v) is 4.47. The van der Waals surface area contributed by atoms with E-state index in [0.29, 0.717) is 18.1 Å². The van der Waals surface area contributed by atoms with Crippen molar-refractivity contribution in [1.82, 2.24) is 10.1 Å². The molecular formula is C11H9FN2O. The minimum absolute atomic E-state index is 0.251. The molecule has 0 aliphatic rings. The summed E-state index contributed by atoms with van der Waals surface area (Å²) in [5, 5.41) is 3.75. The number of rotatable bonds is 3. The first-order valence-electron chi connectivity index (χ1n) is 4.47. The minimum Gasteiger partial charge on any atom is -0.335 e. The second-order valence-corrected chi connectivity index (χ2v) is 3.06. The summed E-state index contributed by atoms with van der Waals surface area (Å²) < 4.78 is 17.5. The normalized spacial score (nSPS) is 10.2. The van der Waals surface area contributed by atoms with E-state index < -0.39 is 0 Å². The van der Waals surface area contributed by atoms with Crippen molar-refractivity contribution >= 4 is 6.08 Å². The van der Waals surface area contributed by atoms with Crippen LogP contribution in [0.25, 0.3) is 6.08 Å². The Hall–Kier alpha value is -1.97. The molecule has 0 aliphatic heterocycles. The van der Waals surface area contributed by atoms with Crippen LogP contribution in [-0.4, -0.2) is 10.1 Å². The maximum atomic E-state index is 12.6. The Morgan fingerprint density at radius 1 is 1.33 bits per heavy atom. The topological polar surface area (TPSA) is 38.9 Å². The lowest BCUT2D eigenvalue weighted by Gasteiger charge is -1.95. The molecule has 0 aliphatic carbocycles. The molecule has 1 aromatic heterocycles. The largest absolute Gasteiger partial charge is 0.335 e. The van der Waals surface area contributed by atoms with Crippen molar-refractivity contribution in [3.63, 3.8) is 0 Å². The summed E-state index contributed by atoms with van der Waals surface area (Å²) in [7, 11) is 0. The van der Waals surface area contributed by atoms with Gasteiger partial charge in [0.05, 0.1) is 0 Å². The molecule has 0 saturated carbocycles. The Kier molecular flexibility index (Phi) is 2.58. The lowest BCUT2D eigenvalue weighted by Crippen LogP contribution is -1.90. The fraction of sp³-hybridized carbons (Fsp3) is 0.0909. The standard InChI is InChI=1S/C11H9FN2O/c1-2-11-13-10(14-15-11)7-8-3-5-9(12)6-4-8/h2-6H,1,7H2. The molecule has 1 heterocycles. The molecule has 4 heteroatoms. The van der Waals surface area contributed by atoms with Crippen LogP contribution in [0.5, 0.6) is 0 Å². The molecule has 2 aromatic rings. The first-order chi connectivity index (χ1) is 7.28. The van der Waals surface area contributed by atoms with E-state index in [1.165, 1.54) is 18.2 Å². The van der Waals surface area contributed by atoms with Crippen molar-refractivity contribution in [2.45, 2.75) is 6.42 Å². The Bertz CT molecular complexity index is 462. The first kappa shape index (κ1) is 9.58. The molecule has 0 radical (unpaired) electrons. The van der Waals surface area contributed by atoms with Gasteiger partial charge < -0.3 is 4.52 Å². The number of hydrogen-bond donors (Lipinski definition) is 0. The van der Waals surface area contributed by atoms with Gasteiger partial charge in [-0.2, -0.15) is 4.98 Å². The molecule has 15 heavy (non-hydrogen) atoms. The predicted octanol–water partition coefficient (Wildman–Crippen LogP) is 2.44. The summed E-state index contributed by atoms with van der Waals surface area (Å²) in [6.07, 6.45) is 2.01. The summed E-state index contributed by atoms with van der Waals surface area (Å²) in [5.41, 5.74) is 0.938. The summed E-state index contributed by atoms with van der Waals surface area (Å²) in [6.45, 7) is 3.52. The van der Waals surface area contributed by atoms with Crippen LogP contribution in [-0.2, 0) is 6.42 Å². The maximum absolute atomic E-state index is 12.6. The highest BCUT2D eigenvalue weighted by molar-refractivity contribution is 5.33. The molecule has 3 nitrogen and oxygen atoms in total. The van der Waals surface area contributed by atoms with Gasteiger partial charge in [-0.25, -0.2) is 4.39 Å². The predicted molar refractivity (Wildman–Crippen MR) is 53.6 cm³/mol. The van der Waals surface area contributed by atoms with Crippen LogP contribution in [0.1, 0.15) is 17.3 Å². The van der Waals surface area contributed by atoms with Crippen LogP contribution >= 0.6 is 0 Å². The van der Waals surface area contributed by atoms with Crippen molar-refractivity contribution in [1.29, 1.82) is 0 Å². The Morgan fingerprint density at radius 2 is 2.07 bits per heavy atom. The van der Waals surface area contributed by atoms with Crippen LogP contribution in [0, 0.1) is 5.82 Å². The Balaban J connectivity index is 2.14. The summed E-state index contributed by atoms with van der Waals surface area (Å²) in [6, 6.07) is 6.20. The molecule has 0 N–H and O–H groups in total. The quantitative estimate of drug-likeness (QED) is 0.770. The molecule has 0 saturated heterocycles. The van der Waals surface area contributed by atoms with Gasteiger partial charge in [-0.1, -0.05) is 23.9 Å². The van der Waals surface area contributed by atoms with Crippen molar-refractivity contribution in [2.75, 3.05) is 0 Å². The summed E-state index contributed by atoms with van der Waals surface area (Å²) in [5.74, 6) is 0.710. The number of halogens is 1. The molecule has 0 spiro atoms. The highest BCUT2D eigenvalue weighted by Gasteiger charge is 2.04. The molecule has 76 valence electrons. The van der Waals surface area contributed by atoms with Crippen LogP contribution in [0.3, 0.4) is 0 Å². The van der Waals surface area contributed by atoms with E-state index in [9.17, 15) is 4.39 Å². The van der Waals surface area contributed by atoms with Crippen molar-refractivity contribution in [3.8, 4) is 0 Å². The number of aromatic nitrogens is 2. The van der Waals surface area contributed by atoms with Gasteiger partial charge in [0.15, 0.2) is 5.82 Å². The van der Waals surface area contributed by atoms with Gasteiger partial charge in [0, 0.05) is 6.42 Å². The second kappa shape index (κ2) is 4.04. The van der Waals surface area contributed by atoms with Gasteiger partial charge in [-0.15, -0.1) is 0 Å². The fourth-order valence-corrected chi connectivity index (χ4v) is 1.21. The highest BCUT2D eigenvalue weighted by atomic mass is 19.1. The lowest BCUT2D eigenvalue weighted by atomic mass is 10.1. The molecule has 2 rings (SSSR count).